The summed E-state index contributed by atoms with van der Waals surface area (Å²) in [6, 6.07) is 13.1. The molecule has 1 atom stereocenters. The van der Waals surface area contributed by atoms with Crippen molar-refractivity contribution >= 4 is 52.6 Å². The SMILES string of the molecule is [C-]#[N+]c1ccc(OC2C(C)(C)C(NC(=O)c3ccc(N4CCC(CN(C(C)C)C5CC(Oc6ccc7c(c6)C(=O)N(C6CCC(=O)NC6=O)C7=O)C5)CC4)nn3)C2(C)C)cc1Cl. The van der Waals surface area contributed by atoms with Crippen molar-refractivity contribution in [3.63, 3.8) is 0 Å². The monoisotopic (exact) mass is 864 g/mol. The standard InChI is InChI=1S/C46H53ClN8O7/c1-25(2)54(27-20-30(21-27)61-28-8-10-31-32(22-28)42(60)55(41(31)59)36-13-15-38(56)49-40(36)58)24-26-16-18-53(19-17-26)37-14-12-35(51-52-37)39(57)50-43-45(3,4)44(46(43,5)6)62-29-9-11-34(48-7)33(47)23-29/h8-12,14,22-23,25-27,30,36,43-44H,13,15-21,24H2,1-6H3,(H,50,57)(H,49,56,58). The van der Waals surface area contributed by atoms with Crippen LogP contribution in [-0.2, 0) is 9.59 Å². The van der Waals surface area contributed by atoms with Crippen LogP contribution < -0.4 is 25.0 Å². The van der Waals surface area contributed by atoms with Gasteiger partial charge in [-0.1, -0.05) is 45.4 Å². The quantitative estimate of drug-likeness (QED) is 0.157. The Hall–Kier alpha value is -5.59. The fourth-order valence-corrected chi connectivity index (χ4v) is 10.7. The van der Waals surface area contributed by atoms with E-state index in [0.717, 1.165) is 56.0 Å². The number of hydrogen-bond donors (Lipinski definition) is 2. The number of ether oxygens (including phenoxy) is 2. The Morgan fingerprint density at radius 3 is 2.24 bits per heavy atom. The van der Waals surface area contributed by atoms with Crippen LogP contribution in [0, 0.1) is 23.3 Å². The smallest absolute Gasteiger partial charge is 0.272 e. The normalized spacial score (nSPS) is 25.5. The Labute approximate surface area is 366 Å². The number of imide groups is 2. The summed E-state index contributed by atoms with van der Waals surface area (Å²) in [5.74, 6) is -0.0548. The number of nitrogens with zero attached hydrogens (tertiary/aromatic N) is 6. The van der Waals surface area contributed by atoms with Crippen LogP contribution in [0.3, 0.4) is 0 Å². The van der Waals surface area contributed by atoms with Gasteiger partial charge in [0.05, 0.1) is 22.7 Å². The maximum Gasteiger partial charge on any atom is 0.272 e. The second-order valence-corrected chi connectivity index (χ2v) is 19.2. The number of anilines is 1. The predicted molar refractivity (Wildman–Crippen MR) is 230 cm³/mol. The van der Waals surface area contributed by atoms with Gasteiger partial charge in [-0.2, -0.15) is 0 Å². The van der Waals surface area contributed by atoms with Gasteiger partial charge < -0.3 is 19.7 Å². The lowest BCUT2D eigenvalue weighted by molar-refractivity contribution is -0.164. The highest BCUT2D eigenvalue weighted by Crippen LogP contribution is 2.56. The molecule has 1 aromatic heterocycles. The first kappa shape index (κ1) is 43.1. The first-order valence-electron chi connectivity index (χ1n) is 21.5. The molecule has 62 heavy (non-hydrogen) atoms. The lowest BCUT2D eigenvalue weighted by Crippen LogP contribution is -2.74. The van der Waals surface area contributed by atoms with Gasteiger partial charge in [-0.05, 0) is 81.5 Å². The van der Waals surface area contributed by atoms with E-state index in [1.54, 1.807) is 42.5 Å². The number of rotatable bonds is 12. The van der Waals surface area contributed by atoms with Gasteiger partial charge in [0.15, 0.2) is 11.5 Å². The zero-order chi connectivity index (χ0) is 44.2. The van der Waals surface area contributed by atoms with Gasteiger partial charge >= 0.3 is 0 Å². The Morgan fingerprint density at radius 2 is 1.61 bits per heavy atom. The summed E-state index contributed by atoms with van der Waals surface area (Å²) in [5.41, 5.74) is 0.271. The third-order valence-corrected chi connectivity index (χ3v) is 13.9. The predicted octanol–water partition coefficient (Wildman–Crippen LogP) is 6.23. The van der Waals surface area contributed by atoms with Crippen LogP contribution in [0.1, 0.15) is 111 Å². The van der Waals surface area contributed by atoms with Crippen LogP contribution in [0.25, 0.3) is 4.85 Å². The van der Waals surface area contributed by atoms with E-state index in [4.69, 9.17) is 27.6 Å². The summed E-state index contributed by atoms with van der Waals surface area (Å²) in [6.45, 7) is 22.6. The van der Waals surface area contributed by atoms with Crippen molar-refractivity contribution in [2.24, 2.45) is 16.7 Å². The van der Waals surface area contributed by atoms with Crippen LogP contribution in [0.4, 0.5) is 11.5 Å². The van der Waals surface area contributed by atoms with Crippen LogP contribution in [-0.4, -0.2) is 106 Å². The molecule has 3 aromatic rings. The lowest BCUT2D eigenvalue weighted by Gasteiger charge is -2.63. The van der Waals surface area contributed by atoms with E-state index in [1.165, 1.54) is 0 Å². The maximum atomic E-state index is 13.5. The number of carbonyl (C=O) groups excluding carboxylic acids is 5. The van der Waals surface area contributed by atoms with E-state index in [-0.39, 0.29) is 53.8 Å². The number of aromatic nitrogens is 2. The van der Waals surface area contributed by atoms with E-state index in [2.05, 4.69) is 77.0 Å². The van der Waals surface area contributed by atoms with E-state index in [9.17, 15) is 24.0 Å². The summed E-state index contributed by atoms with van der Waals surface area (Å²) in [4.78, 5) is 73.1. The fourth-order valence-electron chi connectivity index (χ4n) is 10.5. The van der Waals surface area contributed by atoms with Crippen molar-refractivity contribution in [1.29, 1.82) is 0 Å². The molecule has 0 spiro atoms. The molecule has 5 aliphatic rings. The number of hydrogen-bond acceptors (Lipinski definition) is 11. The average molecular weight is 865 g/mol. The van der Waals surface area contributed by atoms with Crippen molar-refractivity contribution in [3.05, 3.63) is 81.8 Å². The number of nitrogens with one attached hydrogen (secondary N) is 2. The average Bonchev–Trinajstić information content (AvgIpc) is 3.47. The first-order chi connectivity index (χ1) is 29.5. The number of halogens is 1. The largest absolute Gasteiger partial charge is 0.490 e. The Kier molecular flexibility index (Phi) is 11.5. The molecular weight excluding hydrogens is 812 g/mol. The Balaban J connectivity index is 0.795. The van der Waals surface area contributed by atoms with Gasteiger partial charge in [-0.15, -0.1) is 10.2 Å². The number of carbonyl (C=O) groups is 5. The highest BCUT2D eigenvalue weighted by Gasteiger charge is 2.64. The maximum absolute atomic E-state index is 13.5. The molecule has 2 N–H and O–H groups in total. The molecule has 4 fully saturated rings. The second kappa shape index (κ2) is 16.6. The number of benzene rings is 2. The highest BCUT2D eigenvalue weighted by atomic mass is 35.5. The molecule has 2 saturated heterocycles. The molecule has 15 nitrogen and oxygen atoms in total. The van der Waals surface area contributed by atoms with E-state index in [1.807, 2.05) is 6.07 Å². The summed E-state index contributed by atoms with van der Waals surface area (Å²) in [7, 11) is 0. The zero-order valence-electron chi connectivity index (χ0n) is 35.9. The van der Waals surface area contributed by atoms with Gasteiger partial charge in [0.1, 0.15) is 29.7 Å². The lowest BCUT2D eigenvalue weighted by atomic mass is 9.49. The van der Waals surface area contributed by atoms with Crippen molar-refractivity contribution in [3.8, 4) is 11.5 Å². The third-order valence-electron chi connectivity index (χ3n) is 13.6. The van der Waals surface area contributed by atoms with Crippen molar-refractivity contribution < 1.29 is 33.4 Å². The Morgan fingerprint density at radius 1 is 0.935 bits per heavy atom. The molecule has 2 aliphatic carbocycles. The Bertz CT molecular complexity index is 2320. The van der Waals surface area contributed by atoms with Gasteiger partial charge in [0.25, 0.3) is 17.7 Å². The van der Waals surface area contributed by atoms with Crippen molar-refractivity contribution in [2.45, 2.75) is 116 Å². The summed E-state index contributed by atoms with van der Waals surface area (Å²) in [6.07, 6.45) is 3.63. The van der Waals surface area contributed by atoms with Gasteiger partial charge in [0, 0.05) is 67.9 Å². The van der Waals surface area contributed by atoms with Crippen LogP contribution in [0.15, 0.2) is 48.5 Å². The minimum Gasteiger partial charge on any atom is -0.490 e. The number of amides is 5. The minimum absolute atomic E-state index is 0.0261. The van der Waals surface area contributed by atoms with Crippen LogP contribution in [0.5, 0.6) is 11.5 Å². The van der Waals surface area contributed by atoms with Crippen LogP contribution >= 0.6 is 11.6 Å². The molecule has 2 saturated carbocycles. The number of piperidine rings is 2. The highest BCUT2D eigenvalue weighted by molar-refractivity contribution is 6.33. The molecule has 8 rings (SSSR count). The van der Waals surface area contributed by atoms with Crippen molar-refractivity contribution in [1.82, 2.24) is 30.6 Å². The summed E-state index contributed by atoms with van der Waals surface area (Å²) < 4.78 is 12.7. The van der Waals surface area contributed by atoms with Gasteiger partial charge in [-0.3, -0.25) is 39.1 Å². The molecule has 4 heterocycles. The minimum atomic E-state index is -1.01. The summed E-state index contributed by atoms with van der Waals surface area (Å²) >= 11 is 6.26. The third kappa shape index (κ3) is 7.99. The molecular formula is C46H53ClN8O7. The van der Waals surface area contributed by atoms with E-state index in [0.29, 0.717) is 40.2 Å². The van der Waals surface area contributed by atoms with E-state index < -0.39 is 40.5 Å². The molecule has 0 radical (unpaired) electrons. The van der Waals surface area contributed by atoms with Gasteiger partial charge in [-0.25, -0.2) is 4.85 Å². The number of fused-ring (bicyclic) bond motifs is 1. The topological polar surface area (TPSA) is 168 Å². The van der Waals surface area contributed by atoms with Crippen molar-refractivity contribution in [2.75, 3.05) is 24.5 Å². The molecule has 16 heteroatoms. The molecule has 0 bridgehead atoms. The zero-order valence-corrected chi connectivity index (χ0v) is 36.7. The molecule has 1 unspecified atom stereocenters. The summed E-state index contributed by atoms with van der Waals surface area (Å²) in [5, 5.41) is 14.6. The molecule has 5 amide bonds. The fraction of sp³-hybridized carbons (Fsp3) is 0.522. The molecule has 326 valence electrons. The van der Waals surface area contributed by atoms with Crippen LogP contribution in [0.2, 0.25) is 5.02 Å². The van der Waals surface area contributed by atoms with Gasteiger partial charge in [0.2, 0.25) is 17.5 Å². The molecule has 2 aromatic carbocycles. The van der Waals surface area contributed by atoms with E-state index >= 15 is 0 Å². The first-order valence-corrected chi connectivity index (χ1v) is 21.8. The molecule has 3 aliphatic heterocycles. The second-order valence-electron chi connectivity index (χ2n) is 18.8.